The molecule has 25 heavy (non-hydrogen) atoms. The zero-order valence-electron chi connectivity index (χ0n) is 14.6. The molecule has 0 saturated carbocycles. The molecule has 0 spiro atoms. The van der Waals surface area contributed by atoms with Crippen LogP contribution < -0.4 is 9.65 Å². The number of halogens is 1. The van der Waals surface area contributed by atoms with Crippen LogP contribution in [0.15, 0.2) is 17.2 Å². The standard InChI is InChI=1S/C14H19BFN3O5S/c1-9-10(8-18-19-17)6-11(7-12(9)22-25(16,20)21)15-23-13(2,3)14(4,5)24-15/h6-7H,8H2,1-5H3. The fraction of sp³-hybridized carbons (Fsp3) is 0.571. The minimum atomic E-state index is -5.21. The second-order valence-corrected chi connectivity index (χ2v) is 7.71. The third-order valence-electron chi connectivity index (χ3n) is 4.51. The molecule has 1 aliphatic heterocycles. The second kappa shape index (κ2) is 6.49. The van der Waals surface area contributed by atoms with Gasteiger partial charge in [0.25, 0.3) is 0 Å². The highest BCUT2D eigenvalue weighted by molar-refractivity contribution is 7.81. The van der Waals surface area contributed by atoms with Crippen LogP contribution in [0.4, 0.5) is 3.89 Å². The van der Waals surface area contributed by atoms with E-state index in [-0.39, 0.29) is 12.3 Å². The Bertz CT molecular complexity index is 821. The van der Waals surface area contributed by atoms with Gasteiger partial charge in [0.2, 0.25) is 0 Å². The highest BCUT2D eigenvalue weighted by Crippen LogP contribution is 2.37. The van der Waals surface area contributed by atoms with E-state index in [9.17, 15) is 12.3 Å². The minimum Gasteiger partial charge on any atom is -0.399 e. The topological polar surface area (TPSA) is 111 Å². The number of hydrogen-bond acceptors (Lipinski definition) is 6. The molecule has 1 aromatic rings. The van der Waals surface area contributed by atoms with Crippen LogP contribution >= 0.6 is 0 Å². The molecule has 8 nitrogen and oxygen atoms in total. The molecule has 0 bridgehead atoms. The average molecular weight is 371 g/mol. The Morgan fingerprint density at radius 2 is 1.84 bits per heavy atom. The largest absolute Gasteiger partial charge is 0.494 e. The van der Waals surface area contributed by atoms with E-state index in [0.717, 1.165) is 0 Å². The summed E-state index contributed by atoms with van der Waals surface area (Å²) in [5, 5.41) is 3.47. The van der Waals surface area contributed by atoms with Crippen LogP contribution in [-0.2, 0) is 26.4 Å². The van der Waals surface area contributed by atoms with Gasteiger partial charge in [0.1, 0.15) is 5.75 Å². The number of nitrogens with zero attached hydrogens (tertiary/aromatic N) is 3. The van der Waals surface area contributed by atoms with Crippen molar-refractivity contribution in [2.45, 2.75) is 52.4 Å². The van der Waals surface area contributed by atoms with Gasteiger partial charge < -0.3 is 13.5 Å². The summed E-state index contributed by atoms with van der Waals surface area (Å²) >= 11 is 0. The third-order valence-corrected chi connectivity index (χ3v) is 4.89. The lowest BCUT2D eigenvalue weighted by atomic mass is 9.77. The van der Waals surface area contributed by atoms with E-state index in [4.69, 9.17) is 14.8 Å². The average Bonchev–Trinajstić information content (AvgIpc) is 2.67. The predicted octanol–water partition coefficient (Wildman–Crippen LogP) is 2.70. The smallest absolute Gasteiger partial charge is 0.399 e. The van der Waals surface area contributed by atoms with E-state index in [2.05, 4.69) is 14.2 Å². The molecule has 2 rings (SSSR count). The lowest BCUT2D eigenvalue weighted by Gasteiger charge is -2.32. The van der Waals surface area contributed by atoms with Crippen molar-refractivity contribution >= 4 is 23.1 Å². The summed E-state index contributed by atoms with van der Waals surface area (Å²) in [6.07, 6.45) is 0. The fourth-order valence-electron chi connectivity index (χ4n) is 2.35. The fourth-order valence-corrected chi connectivity index (χ4v) is 2.74. The molecule has 0 aliphatic carbocycles. The highest BCUT2D eigenvalue weighted by Gasteiger charge is 2.51. The number of hydrogen-bond donors (Lipinski definition) is 0. The molecule has 0 radical (unpaired) electrons. The van der Waals surface area contributed by atoms with E-state index in [1.807, 2.05) is 27.7 Å². The number of benzene rings is 1. The van der Waals surface area contributed by atoms with Gasteiger partial charge in [-0.15, -0.1) is 0 Å². The van der Waals surface area contributed by atoms with E-state index in [0.29, 0.717) is 16.6 Å². The van der Waals surface area contributed by atoms with Gasteiger partial charge in [-0.2, -0.15) is 8.42 Å². The molecule has 1 fully saturated rings. The first-order chi connectivity index (χ1) is 11.4. The van der Waals surface area contributed by atoms with Gasteiger partial charge >= 0.3 is 17.6 Å². The maximum Gasteiger partial charge on any atom is 0.494 e. The molecule has 0 atom stereocenters. The van der Waals surface area contributed by atoms with Crippen LogP contribution in [0, 0.1) is 6.92 Å². The maximum absolute atomic E-state index is 13.0. The highest BCUT2D eigenvalue weighted by atomic mass is 32.3. The monoisotopic (exact) mass is 371 g/mol. The van der Waals surface area contributed by atoms with Crippen LogP contribution in [0.25, 0.3) is 10.4 Å². The molecule has 11 heteroatoms. The van der Waals surface area contributed by atoms with E-state index >= 15 is 0 Å². The van der Waals surface area contributed by atoms with Crippen LogP contribution in [0.1, 0.15) is 38.8 Å². The molecule has 0 amide bonds. The molecule has 1 aromatic carbocycles. The maximum atomic E-state index is 13.0. The molecule has 1 aliphatic rings. The Balaban J connectivity index is 2.51. The SMILES string of the molecule is Cc1c(CN=[N+]=[N-])cc(B2OC(C)(C)C(C)(C)O2)cc1OS(=O)(=O)F. The summed E-state index contributed by atoms with van der Waals surface area (Å²) in [5.74, 6) is -0.210. The lowest BCUT2D eigenvalue weighted by Crippen LogP contribution is -2.41. The summed E-state index contributed by atoms with van der Waals surface area (Å²) in [7, 11) is -6.01. The Kier molecular flexibility index (Phi) is 5.07. The Hall–Kier alpha value is -1.81. The van der Waals surface area contributed by atoms with Crippen LogP contribution in [-0.4, -0.2) is 26.7 Å². The van der Waals surface area contributed by atoms with Gasteiger partial charge in [-0.25, -0.2) is 0 Å². The van der Waals surface area contributed by atoms with Gasteiger partial charge in [0.15, 0.2) is 0 Å². The van der Waals surface area contributed by atoms with Crippen LogP contribution in [0.5, 0.6) is 5.75 Å². The first kappa shape index (κ1) is 19.5. The lowest BCUT2D eigenvalue weighted by molar-refractivity contribution is 0.00578. The van der Waals surface area contributed by atoms with Crippen molar-refractivity contribution in [3.8, 4) is 5.75 Å². The van der Waals surface area contributed by atoms with Crippen molar-refractivity contribution in [1.82, 2.24) is 0 Å². The summed E-state index contributed by atoms with van der Waals surface area (Å²) in [5.41, 5.74) is 8.55. The molecular weight excluding hydrogens is 352 g/mol. The Labute approximate surface area is 146 Å². The van der Waals surface area contributed by atoms with Crippen molar-refractivity contribution in [3.63, 3.8) is 0 Å². The van der Waals surface area contributed by atoms with Crippen LogP contribution in [0.3, 0.4) is 0 Å². The normalized spacial score (nSPS) is 18.7. The number of azide groups is 1. The third kappa shape index (κ3) is 4.24. The van der Waals surface area contributed by atoms with Gasteiger partial charge in [-0.05, 0) is 62.8 Å². The molecule has 1 heterocycles. The van der Waals surface area contributed by atoms with Crippen molar-refractivity contribution in [3.05, 3.63) is 33.7 Å². The van der Waals surface area contributed by atoms with Gasteiger partial charge in [0, 0.05) is 4.91 Å². The first-order valence-corrected chi connectivity index (χ1v) is 8.81. The van der Waals surface area contributed by atoms with E-state index in [1.165, 1.54) is 13.0 Å². The molecular formula is C14H19BFN3O5S. The van der Waals surface area contributed by atoms with E-state index < -0.39 is 28.8 Å². The van der Waals surface area contributed by atoms with Crippen molar-refractivity contribution in [2.75, 3.05) is 0 Å². The quantitative estimate of drug-likeness (QED) is 0.260. The summed E-state index contributed by atoms with van der Waals surface area (Å²) in [6.45, 7) is 8.95. The summed E-state index contributed by atoms with van der Waals surface area (Å²) < 4.78 is 51.0. The van der Waals surface area contributed by atoms with Crippen molar-refractivity contribution in [2.24, 2.45) is 5.11 Å². The van der Waals surface area contributed by atoms with Crippen molar-refractivity contribution < 1.29 is 25.8 Å². The zero-order chi connectivity index (χ0) is 19.0. The number of rotatable bonds is 5. The molecule has 0 unspecified atom stereocenters. The first-order valence-electron chi connectivity index (χ1n) is 7.50. The molecule has 136 valence electrons. The Morgan fingerprint density at radius 3 is 2.32 bits per heavy atom. The summed E-state index contributed by atoms with van der Waals surface area (Å²) in [6, 6.07) is 3.00. The summed E-state index contributed by atoms with van der Waals surface area (Å²) in [4.78, 5) is 2.68. The van der Waals surface area contributed by atoms with Crippen molar-refractivity contribution in [1.29, 1.82) is 0 Å². The van der Waals surface area contributed by atoms with E-state index in [1.54, 1.807) is 6.07 Å². The molecule has 0 N–H and O–H groups in total. The minimum absolute atomic E-state index is 0.0572. The molecule has 0 aromatic heterocycles. The molecule has 1 saturated heterocycles. The second-order valence-electron chi connectivity index (χ2n) is 6.76. The van der Waals surface area contributed by atoms with Gasteiger partial charge in [-0.1, -0.05) is 15.1 Å². The Morgan fingerprint density at radius 1 is 1.28 bits per heavy atom. The van der Waals surface area contributed by atoms with Gasteiger partial charge in [0.05, 0.1) is 17.7 Å². The predicted molar refractivity (Wildman–Crippen MR) is 90.4 cm³/mol. The zero-order valence-corrected chi connectivity index (χ0v) is 15.4. The van der Waals surface area contributed by atoms with Crippen LogP contribution in [0.2, 0.25) is 0 Å². The van der Waals surface area contributed by atoms with Gasteiger partial charge in [-0.3, -0.25) is 0 Å².